The van der Waals surface area contributed by atoms with Crippen molar-refractivity contribution in [3.63, 3.8) is 0 Å². The fourth-order valence-corrected chi connectivity index (χ4v) is 2.83. The molecule has 0 aliphatic rings. The number of carbonyl (C=O) groups excluding carboxylic acids is 2. The van der Waals surface area contributed by atoms with Crippen LogP contribution in [0.1, 0.15) is 21.5 Å². The van der Waals surface area contributed by atoms with E-state index in [1.807, 2.05) is 5.32 Å². The van der Waals surface area contributed by atoms with Crippen LogP contribution >= 0.6 is 0 Å². The lowest BCUT2D eigenvalue weighted by molar-refractivity contribution is -0.138. The predicted molar refractivity (Wildman–Crippen MR) is 110 cm³/mol. The van der Waals surface area contributed by atoms with E-state index < -0.39 is 58.3 Å². The molecule has 0 aromatic heterocycles. The van der Waals surface area contributed by atoms with E-state index in [1.54, 1.807) is 0 Å². The highest BCUT2D eigenvalue weighted by Gasteiger charge is 2.32. The molecule has 35 heavy (non-hydrogen) atoms. The number of alkyl halides is 6. The van der Waals surface area contributed by atoms with E-state index in [0.717, 1.165) is 30.3 Å². The minimum atomic E-state index is -4.86. The highest BCUT2D eigenvalue weighted by molar-refractivity contribution is 6.05. The number of halogens is 8. The van der Waals surface area contributed by atoms with Crippen molar-refractivity contribution in [3.8, 4) is 0 Å². The number of rotatable bonds is 4. The summed E-state index contributed by atoms with van der Waals surface area (Å²) in [6.07, 6.45) is -9.50. The smallest absolute Gasteiger partial charge is 0.319 e. The van der Waals surface area contributed by atoms with Gasteiger partial charge in [0.15, 0.2) is 0 Å². The second-order valence-electron chi connectivity index (χ2n) is 7.00. The van der Waals surface area contributed by atoms with Gasteiger partial charge >= 0.3 is 18.4 Å². The molecule has 0 bridgehead atoms. The van der Waals surface area contributed by atoms with Gasteiger partial charge in [-0.15, -0.1) is 0 Å². The molecule has 0 aliphatic carbocycles. The van der Waals surface area contributed by atoms with Crippen LogP contribution in [0.2, 0.25) is 0 Å². The van der Waals surface area contributed by atoms with Crippen molar-refractivity contribution in [2.45, 2.75) is 12.4 Å². The number of anilines is 3. The number of benzene rings is 3. The molecular formula is C22H13F8N3O2. The lowest BCUT2D eigenvalue weighted by Gasteiger charge is -2.13. The molecule has 5 nitrogen and oxygen atoms in total. The van der Waals surface area contributed by atoms with Crippen LogP contribution in [0.5, 0.6) is 0 Å². The Hall–Kier alpha value is -4.16. The third-order valence-corrected chi connectivity index (χ3v) is 4.46. The molecule has 0 saturated carbocycles. The maximum absolute atomic E-state index is 14.1. The molecule has 13 heteroatoms. The largest absolute Gasteiger partial charge is 0.416 e. The molecule has 3 rings (SSSR count). The van der Waals surface area contributed by atoms with Crippen LogP contribution in [0.15, 0.2) is 60.7 Å². The van der Waals surface area contributed by atoms with Crippen LogP contribution in [0.25, 0.3) is 0 Å². The summed E-state index contributed by atoms with van der Waals surface area (Å²) in [5, 5.41) is 6.26. The van der Waals surface area contributed by atoms with Gasteiger partial charge in [0.1, 0.15) is 11.6 Å². The topological polar surface area (TPSA) is 70.2 Å². The Morgan fingerprint density at radius 3 is 1.83 bits per heavy atom. The monoisotopic (exact) mass is 503 g/mol. The standard InChI is InChI=1S/C22H13F8N3O2/c23-16-6-4-12(22(28,29)30)9-15(16)19(34)33-18-10-14(5-7-17(18)24)32-20(35)31-13-3-1-2-11(8-13)21(25,26)27/h1-10H,(H,33,34)(H2,31,32,35). The van der Waals surface area contributed by atoms with E-state index in [-0.39, 0.29) is 17.4 Å². The molecule has 0 saturated heterocycles. The zero-order valence-electron chi connectivity index (χ0n) is 17.1. The normalized spacial score (nSPS) is 11.7. The van der Waals surface area contributed by atoms with Gasteiger partial charge in [-0.3, -0.25) is 4.79 Å². The molecular weight excluding hydrogens is 490 g/mol. The summed E-state index contributed by atoms with van der Waals surface area (Å²) in [6, 6.07) is 6.55. The average Bonchev–Trinajstić information content (AvgIpc) is 2.75. The number of carbonyl (C=O) groups is 2. The van der Waals surface area contributed by atoms with Crippen LogP contribution in [0.3, 0.4) is 0 Å². The van der Waals surface area contributed by atoms with Crippen molar-refractivity contribution in [2.75, 3.05) is 16.0 Å². The van der Waals surface area contributed by atoms with Crippen LogP contribution in [-0.2, 0) is 12.4 Å². The van der Waals surface area contributed by atoms with Gasteiger partial charge in [-0.25, -0.2) is 13.6 Å². The maximum atomic E-state index is 14.1. The van der Waals surface area contributed by atoms with Gasteiger partial charge in [0.25, 0.3) is 5.91 Å². The van der Waals surface area contributed by atoms with Gasteiger partial charge in [0, 0.05) is 11.4 Å². The van der Waals surface area contributed by atoms with Crippen molar-refractivity contribution in [2.24, 2.45) is 0 Å². The Balaban J connectivity index is 1.75. The zero-order valence-corrected chi connectivity index (χ0v) is 17.1. The number of amides is 3. The van der Waals surface area contributed by atoms with E-state index >= 15 is 0 Å². The zero-order chi connectivity index (χ0) is 26.0. The van der Waals surface area contributed by atoms with Crippen molar-refractivity contribution in [1.29, 1.82) is 0 Å². The van der Waals surface area contributed by atoms with Crippen molar-refractivity contribution in [1.82, 2.24) is 0 Å². The van der Waals surface area contributed by atoms with Gasteiger partial charge in [0.05, 0.1) is 22.4 Å². The van der Waals surface area contributed by atoms with Gasteiger partial charge in [0.2, 0.25) is 0 Å². The summed E-state index contributed by atoms with van der Waals surface area (Å²) in [5.74, 6) is -3.74. The first-order chi connectivity index (χ1) is 16.2. The Bertz CT molecular complexity index is 1270. The summed E-state index contributed by atoms with van der Waals surface area (Å²) in [6.45, 7) is 0. The molecule has 3 aromatic carbocycles. The van der Waals surface area contributed by atoms with Gasteiger partial charge in [-0.2, -0.15) is 26.3 Å². The lowest BCUT2D eigenvalue weighted by atomic mass is 10.1. The first-order valence-electron chi connectivity index (χ1n) is 9.47. The van der Waals surface area contributed by atoms with Crippen LogP contribution in [-0.4, -0.2) is 11.9 Å². The highest BCUT2D eigenvalue weighted by atomic mass is 19.4. The van der Waals surface area contributed by atoms with Crippen molar-refractivity contribution >= 4 is 29.0 Å². The highest BCUT2D eigenvalue weighted by Crippen LogP contribution is 2.32. The lowest BCUT2D eigenvalue weighted by Crippen LogP contribution is -2.20. The van der Waals surface area contributed by atoms with E-state index in [4.69, 9.17) is 0 Å². The second-order valence-corrected chi connectivity index (χ2v) is 7.00. The minimum Gasteiger partial charge on any atom is -0.319 e. The van der Waals surface area contributed by atoms with Gasteiger partial charge in [-0.05, 0) is 54.6 Å². The van der Waals surface area contributed by atoms with E-state index in [0.29, 0.717) is 18.2 Å². The maximum Gasteiger partial charge on any atom is 0.416 e. The quantitative estimate of drug-likeness (QED) is 0.339. The van der Waals surface area contributed by atoms with Crippen LogP contribution < -0.4 is 16.0 Å². The van der Waals surface area contributed by atoms with Crippen LogP contribution in [0.4, 0.5) is 57.0 Å². The molecule has 3 aromatic rings. The third kappa shape index (κ3) is 6.46. The first kappa shape index (κ1) is 25.5. The second kappa shape index (κ2) is 9.60. The fraction of sp³-hybridized carbons (Fsp3) is 0.0909. The molecule has 184 valence electrons. The van der Waals surface area contributed by atoms with E-state index in [2.05, 4.69) is 10.6 Å². The van der Waals surface area contributed by atoms with Crippen LogP contribution in [0, 0.1) is 11.6 Å². The Labute approximate surface area is 191 Å². The summed E-state index contributed by atoms with van der Waals surface area (Å²) >= 11 is 0. The van der Waals surface area contributed by atoms with E-state index in [9.17, 15) is 44.7 Å². The first-order valence-corrected chi connectivity index (χ1v) is 9.47. The molecule has 3 N–H and O–H groups in total. The summed E-state index contributed by atoms with van der Waals surface area (Å²) in [4.78, 5) is 24.4. The van der Waals surface area contributed by atoms with Crippen molar-refractivity contribution < 1.29 is 44.7 Å². The summed E-state index contributed by atoms with van der Waals surface area (Å²) < 4.78 is 105. The fourth-order valence-electron chi connectivity index (χ4n) is 2.83. The Morgan fingerprint density at radius 1 is 0.629 bits per heavy atom. The minimum absolute atomic E-state index is 0.143. The van der Waals surface area contributed by atoms with Gasteiger partial charge in [-0.1, -0.05) is 6.07 Å². The SMILES string of the molecule is O=C(Nc1cccc(C(F)(F)F)c1)Nc1ccc(F)c(NC(=O)c2cc(C(F)(F)F)ccc2F)c1. The number of nitrogens with one attached hydrogen (secondary N) is 3. The number of hydrogen-bond donors (Lipinski definition) is 3. The predicted octanol–water partition coefficient (Wildman–Crippen LogP) is 6.90. The average molecular weight is 503 g/mol. The molecule has 0 radical (unpaired) electrons. The molecule has 0 spiro atoms. The Kier molecular flexibility index (Phi) is 6.99. The number of hydrogen-bond acceptors (Lipinski definition) is 2. The van der Waals surface area contributed by atoms with Crippen molar-refractivity contribution in [3.05, 3.63) is 89.0 Å². The molecule has 0 aliphatic heterocycles. The summed E-state index contributed by atoms with van der Waals surface area (Å²) in [5.41, 5.74) is -4.26. The molecule has 0 fully saturated rings. The molecule has 3 amide bonds. The third-order valence-electron chi connectivity index (χ3n) is 4.46. The number of urea groups is 1. The molecule has 0 heterocycles. The summed E-state index contributed by atoms with van der Waals surface area (Å²) in [7, 11) is 0. The Morgan fingerprint density at radius 2 is 1.20 bits per heavy atom. The van der Waals surface area contributed by atoms with E-state index in [1.165, 1.54) is 6.07 Å². The molecule has 0 atom stereocenters. The van der Waals surface area contributed by atoms with Gasteiger partial charge < -0.3 is 16.0 Å². The molecule has 0 unspecified atom stereocenters.